The SMILES string of the molecule is Clc1ccc([N-]c2ccccc2[N-]c2ccc(Cl)cc2)cc1.[Cl][Ti][Cl]. The minimum absolute atomic E-state index is 0.556. The molecule has 25 heavy (non-hydrogen) atoms. The van der Waals surface area contributed by atoms with Crippen LogP contribution in [0.25, 0.3) is 10.6 Å². The van der Waals surface area contributed by atoms with Crippen LogP contribution in [0.15, 0.2) is 72.8 Å². The molecule has 0 saturated carbocycles. The summed E-state index contributed by atoms with van der Waals surface area (Å²) in [6.45, 7) is 0. The van der Waals surface area contributed by atoms with Crippen molar-refractivity contribution in [3.63, 3.8) is 0 Å². The van der Waals surface area contributed by atoms with Crippen molar-refractivity contribution in [2.75, 3.05) is 0 Å². The molecule has 0 amide bonds. The first-order valence-corrected chi connectivity index (χ1v) is 12.2. The summed E-state index contributed by atoms with van der Waals surface area (Å²) >= 11 is 11.2. The number of halogens is 4. The Morgan fingerprint density at radius 3 is 1.20 bits per heavy atom. The van der Waals surface area contributed by atoms with Crippen LogP contribution in [0.2, 0.25) is 10.0 Å². The van der Waals surface area contributed by atoms with E-state index in [1.165, 1.54) is 0 Å². The molecular weight excluding hydrogens is 434 g/mol. The molecule has 7 heteroatoms. The van der Waals surface area contributed by atoms with Gasteiger partial charge in [-0.2, -0.15) is 11.4 Å². The van der Waals surface area contributed by atoms with E-state index in [1.54, 1.807) is 0 Å². The van der Waals surface area contributed by atoms with E-state index in [-0.39, 0.29) is 0 Å². The monoisotopic (exact) mass is 444 g/mol. The van der Waals surface area contributed by atoms with Crippen molar-refractivity contribution in [3.8, 4) is 0 Å². The van der Waals surface area contributed by atoms with E-state index in [1.807, 2.05) is 72.8 Å². The maximum absolute atomic E-state index is 5.90. The third kappa shape index (κ3) is 7.11. The van der Waals surface area contributed by atoms with Gasteiger partial charge in [-0.15, -0.1) is 11.4 Å². The molecule has 0 saturated heterocycles. The van der Waals surface area contributed by atoms with Gasteiger partial charge in [-0.25, -0.2) is 0 Å². The number of benzene rings is 3. The molecule has 0 aliphatic rings. The van der Waals surface area contributed by atoms with Crippen LogP contribution >= 0.6 is 41.8 Å². The number of para-hydroxylation sites is 2. The van der Waals surface area contributed by atoms with Crippen LogP contribution in [-0.2, 0) is 17.0 Å². The topological polar surface area (TPSA) is 28.2 Å². The Hall–Kier alpha value is -0.866. The van der Waals surface area contributed by atoms with Crippen molar-refractivity contribution in [3.05, 3.63) is 93.5 Å². The molecule has 0 aliphatic carbocycles. The molecule has 0 spiro atoms. The zero-order valence-electron chi connectivity index (χ0n) is 12.8. The van der Waals surface area contributed by atoms with Gasteiger partial charge in [0.05, 0.1) is 0 Å². The standard InChI is InChI=1S/C18H12Cl2N2.2ClH.Ti/c19-13-5-9-15(10-6-13)21-17-3-1-2-4-18(17)22-16-11-7-14(20)8-12-16;;;/h1-12H;2*1H;/q-2;;;+2/p-2. The molecule has 0 atom stereocenters. The average Bonchev–Trinajstić information content (AvgIpc) is 2.61. The summed E-state index contributed by atoms with van der Waals surface area (Å²) in [6, 6.07) is 22.5. The molecule has 0 radical (unpaired) electrons. The Kier molecular flexibility index (Phi) is 8.98. The van der Waals surface area contributed by atoms with Crippen molar-refractivity contribution >= 4 is 64.6 Å². The Morgan fingerprint density at radius 2 is 0.880 bits per heavy atom. The molecule has 0 bridgehead atoms. The molecule has 3 aromatic rings. The second kappa shape index (κ2) is 11.0. The van der Waals surface area contributed by atoms with Crippen LogP contribution in [0.3, 0.4) is 0 Å². The summed E-state index contributed by atoms with van der Waals surface area (Å²) in [7, 11) is 9.78. The summed E-state index contributed by atoms with van der Waals surface area (Å²) in [6.07, 6.45) is 0. The quantitative estimate of drug-likeness (QED) is 0.358. The van der Waals surface area contributed by atoms with E-state index < -0.39 is 17.0 Å². The van der Waals surface area contributed by atoms with E-state index in [2.05, 4.69) is 10.6 Å². The van der Waals surface area contributed by atoms with Gasteiger partial charge in [0.15, 0.2) is 0 Å². The van der Waals surface area contributed by atoms with E-state index in [0.717, 1.165) is 22.7 Å². The van der Waals surface area contributed by atoms with Crippen LogP contribution < -0.4 is 0 Å². The van der Waals surface area contributed by atoms with Crippen LogP contribution in [0.4, 0.5) is 22.7 Å². The molecule has 0 fully saturated rings. The molecule has 3 rings (SSSR count). The van der Waals surface area contributed by atoms with Gasteiger partial charge in [-0.05, 0) is 24.3 Å². The number of nitrogens with zero attached hydrogens (tertiary/aromatic N) is 2. The van der Waals surface area contributed by atoms with Crippen molar-refractivity contribution in [1.29, 1.82) is 0 Å². The Labute approximate surface area is 174 Å². The van der Waals surface area contributed by atoms with E-state index in [0.29, 0.717) is 10.0 Å². The zero-order valence-corrected chi connectivity index (χ0v) is 17.4. The predicted molar refractivity (Wildman–Crippen MR) is 106 cm³/mol. The summed E-state index contributed by atoms with van der Waals surface area (Å²) in [5, 5.41) is 10.6. The van der Waals surface area contributed by atoms with Crippen LogP contribution in [0.1, 0.15) is 0 Å². The van der Waals surface area contributed by atoms with E-state index in [4.69, 9.17) is 41.8 Å². The minimum atomic E-state index is -0.556. The number of rotatable bonds is 4. The molecule has 2 nitrogen and oxygen atoms in total. The first-order chi connectivity index (χ1) is 12.1. The summed E-state index contributed by atoms with van der Waals surface area (Å²) in [5.41, 5.74) is 3.28. The van der Waals surface area contributed by atoms with Gasteiger partial charge in [0.25, 0.3) is 0 Å². The Bertz CT molecular complexity index is 713. The number of hydrogen-bond acceptors (Lipinski definition) is 0. The fourth-order valence-corrected chi connectivity index (χ4v) is 2.21. The van der Waals surface area contributed by atoms with Crippen LogP contribution in [0, 0.1) is 0 Å². The van der Waals surface area contributed by atoms with Gasteiger partial charge >= 0.3 is 35.6 Å². The van der Waals surface area contributed by atoms with Crippen molar-refractivity contribution in [1.82, 2.24) is 0 Å². The van der Waals surface area contributed by atoms with Gasteiger partial charge in [-0.3, -0.25) is 0 Å². The Balaban J connectivity index is 0.000000701. The third-order valence-corrected chi connectivity index (χ3v) is 3.54. The predicted octanol–water partition coefficient (Wildman–Crippen LogP) is 9.04. The fraction of sp³-hybridized carbons (Fsp3) is 0. The van der Waals surface area contributed by atoms with Gasteiger partial charge in [-0.1, -0.05) is 71.7 Å². The molecule has 0 heterocycles. The van der Waals surface area contributed by atoms with Gasteiger partial charge in [0.1, 0.15) is 0 Å². The normalized spacial score (nSPS) is 9.60. The van der Waals surface area contributed by atoms with Gasteiger partial charge in [0, 0.05) is 10.0 Å². The van der Waals surface area contributed by atoms with E-state index >= 15 is 0 Å². The molecule has 0 N–H and O–H groups in total. The molecule has 0 aliphatic heterocycles. The third-order valence-electron chi connectivity index (χ3n) is 3.03. The zero-order chi connectivity index (χ0) is 18.1. The summed E-state index contributed by atoms with van der Waals surface area (Å²) < 4.78 is 0. The molecule has 0 unspecified atom stereocenters. The van der Waals surface area contributed by atoms with E-state index in [9.17, 15) is 0 Å². The van der Waals surface area contributed by atoms with Crippen LogP contribution in [-0.4, -0.2) is 0 Å². The fourth-order valence-electron chi connectivity index (χ4n) is 1.96. The van der Waals surface area contributed by atoms with Gasteiger partial charge in [0.2, 0.25) is 0 Å². The second-order valence-electron chi connectivity index (χ2n) is 4.74. The van der Waals surface area contributed by atoms with Crippen molar-refractivity contribution in [2.45, 2.75) is 0 Å². The van der Waals surface area contributed by atoms with Gasteiger partial charge < -0.3 is 10.6 Å². The second-order valence-corrected chi connectivity index (χ2v) is 8.19. The Morgan fingerprint density at radius 1 is 0.560 bits per heavy atom. The first kappa shape index (κ1) is 20.4. The van der Waals surface area contributed by atoms with Crippen molar-refractivity contribution in [2.24, 2.45) is 0 Å². The summed E-state index contributed by atoms with van der Waals surface area (Å²) in [5.74, 6) is 0. The molecule has 128 valence electrons. The molecule has 0 aromatic heterocycles. The average molecular weight is 446 g/mol. The summed E-state index contributed by atoms with van der Waals surface area (Å²) in [4.78, 5) is 0. The maximum atomic E-state index is 5.90. The first-order valence-electron chi connectivity index (χ1n) is 7.12. The molecule has 3 aromatic carbocycles. The number of hydrogen-bond donors (Lipinski definition) is 0. The molecular formula is C18H12Cl4N2Ti-2. The van der Waals surface area contributed by atoms with Crippen LogP contribution in [0.5, 0.6) is 0 Å². The van der Waals surface area contributed by atoms with Crippen molar-refractivity contribution < 1.29 is 17.0 Å².